The van der Waals surface area contributed by atoms with Gasteiger partial charge in [-0.05, 0) is 33.4 Å². The number of hydrogen-bond donors (Lipinski definition) is 0. The molecule has 0 amide bonds. The van der Waals surface area contributed by atoms with Crippen LogP contribution in [0.1, 0.15) is 86.0 Å². The molecule has 0 rings (SSSR count). The Morgan fingerprint density at radius 2 is 1.18 bits per heavy atom. The fourth-order valence-corrected chi connectivity index (χ4v) is 2.75. The molecule has 0 aliphatic heterocycles. The number of unbranched alkanes of at least 4 members (excludes halogenated alkanes) is 6. The predicted octanol–water partition coefficient (Wildman–Crippen LogP) is 5.25. The monoisotopic (exact) mass is 241 g/mol. The molecule has 0 N–H and O–H groups in total. The van der Waals surface area contributed by atoms with Gasteiger partial charge in [-0.15, -0.1) is 0 Å². The maximum Gasteiger partial charge on any atom is 0.0153 e. The molecule has 0 aliphatic carbocycles. The highest BCUT2D eigenvalue weighted by Gasteiger charge is 2.23. The summed E-state index contributed by atoms with van der Waals surface area (Å²) in [4.78, 5) is 2.59. The van der Waals surface area contributed by atoms with E-state index in [4.69, 9.17) is 0 Å². The van der Waals surface area contributed by atoms with Gasteiger partial charge in [0.2, 0.25) is 0 Å². The maximum absolute atomic E-state index is 2.59. The Morgan fingerprint density at radius 3 is 1.65 bits per heavy atom. The minimum atomic E-state index is 0.396. The highest BCUT2D eigenvalue weighted by Crippen LogP contribution is 2.22. The van der Waals surface area contributed by atoms with Crippen LogP contribution in [0.15, 0.2) is 0 Å². The number of hydrogen-bond acceptors (Lipinski definition) is 1. The molecule has 0 aromatic carbocycles. The number of rotatable bonds is 11. The molecule has 104 valence electrons. The fourth-order valence-electron chi connectivity index (χ4n) is 2.75. The average molecular weight is 241 g/mol. The Labute approximate surface area is 110 Å². The maximum atomic E-state index is 2.59. The van der Waals surface area contributed by atoms with E-state index in [2.05, 4.69) is 39.5 Å². The molecule has 0 aliphatic rings. The van der Waals surface area contributed by atoms with Gasteiger partial charge in [0.25, 0.3) is 0 Å². The van der Waals surface area contributed by atoms with E-state index >= 15 is 0 Å². The van der Waals surface area contributed by atoms with E-state index < -0.39 is 0 Å². The first-order valence-electron chi connectivity index (χ1n) is 7.83. The Bertz CT molecular complexity index is 159. The zero-order chi connectivity index (χ0) is 13.1. The normalized spacial score (nSPS) is 12.4. The smallest absolute Gasteiger partial charge is 0.0153 e. The molecule has 0 aromatic heterocycles. The third kappa shape index (κ3) is 7.81. The van der Waals surface area contributed by atoms with Gasteiger partial charge in [0.1, 0.15) is 0 Å². The molecule has 0 bridgehead atoms. The Morgan fingerprint density at radius 1 is 0.706 bits per heavy atom. The Hall–Kier alpha value is -0.0400. The second kappa shape index (κ2) is 9.94. The molecule has 0 atom stereocenters. The molecule has 17 heavy (non-hydrogen) atoms. The minimum absolute atomic E-state index is 0.396. The standard InChI is InChI=1S/C16H35N/c1-6-9-10-11-12-13-14-15-16(4,5)17(7-2)8-3/h6-15H2,1-5H3. The summed E-state index contributed by atoms with van der Waals surface area (Å²) >= 11 is 0. The molecule has 0 unspecified atom stereocenters. The van der Waals surface area contributed by atoms with E-state index in [9.17, 15) is 0 Å². The van der Waals surface area contributed by atoms with E-state index in [1.807, 2.05) is 0 Å². The lowest BCUT2D eigenvalue weighted by Gasteiger charge is -2.37. The van der Waals surface area contributed by atoms with Gasteiger partial charge in [0, 0.05) is 5.54 Å². The van der Waals surface area contributed by atoms with Crippen LogP contribution in [0.25, 0.3) is 0 Å². The van der Waals surface area contributed by atoms with Crippen molar-refractivity contribution in [3.05, 3.63) is 0 Å². The molecule has 1 heteroatoms. The largest absolute Gasteiger partial charge is 0.299 e. The van der Waals surface area contributed by atoms with Crippen LogP contribution in [0.4, 0.5) is 0 Å². The van der Waals surface area contributed by atoms with Gasteiger partial charge in [0.05, 0.1) is 0 Å². The summed E-state index contributed by atoms with van der Waals surface area (Å²) in [6, 6.07) is 0. The molecule has 0 heterocycles. The van der Waals surface area contributed by atoms with Crippen molar-refractivity contribution >= 4 is 0 Å². The first-order chi connectivity index (χ1) is 8.08. The van der Waals surface area contributed by atoms with Gasteiger partial charge in [-0.2, -0.15) is 0 Å². The molecular formula is C16H35N. The van der Waals surface area contributed by atoms with Crippen molar-refractivity contribution in [3.63, 3.8) is 0 Å². The third-order valence-electron chi connectivity index (χ3n) is 4.01. The van der Waals surface area contributed by atoms with Crippen LogP contribution in [0, 0.1) is 0 Å². The summed E-state index contributed by atoms with van der Waals surface area (Å²) in [6.07, 6.45) is 11.3. The first-order valence-corrected chi connectivity index (χ1v) is 7.83. The van der Waals surface area contributed by atoms with E-state index in [0.717, 1.165) is 0 Å². The summed E-state index contributed by atoms with van der Waals surface area (Å²) in [6.45, 7) is 14.0. The molecular weight excluding hydrogens is 206 g/mol. The van der Waals surface area contributed by atoms with Gasteiger partial charge < -0.3 is 0 Å². The van der Waals surface area contributed by atoms with Crippen LogP contribution in [-0.4, -0.2) is 23.5 Å². The van der Waals surface area contributed by atoms with Crippen LogP contribution in [0.3, 0.4) is 0 Å². The molecule has 0 saturated heterocycles. The van der Waals surface area contributed by atoms with Crippen molar-refractivity contribution in [1.82, 2.24) is 4.90 Å². The summed E-state index contributed by atoms with van der Waals surface area (Å²) in [5.41, 5.74) is 0.396. The lowest BCUT2D eigenvalue weighted by molar-refractivity contribution is 0.122. The molecule has 0 saturated carbocycles. The van der Waals surface area contributed by atoms with E-state index in [-0.39, 0.29) is 0 Å². The average Bonchev–Trinajstić information content (AvgIpc) is 2.29. The zero-order valence-electron chi connectivity index (χ0n) is 13.0. The molecule has 0 radical (unpaired) electrons. The molecule has 0 aromatic rings. The van der Waals surface area contributed by atoms with Gasteiger partial charge in [-0.3, -0.25) is 4.90 Å². The number of nitrogens with zero attached hydrogens (tertiary/aromatic N) is 1. The lowest BCUT2D eigenvalue weighted by Crippen LogP contribution is -2.43. The van der Waals surface area contributed by atoms with Crippen LogP contribution in [0.5, 0.6) is 0 Å². The third-order valence-corrected chi connectivity index (χ3v) is 4.01. The van der Waals surface area contributed by atoms with E-state index in [1.54, 1.807) is 0 Å². The van der Waals surface area contributed by atoms with Crippen molar-refractivity contribution in [2.45, 2.75) is 91.5 Å². The van der Waals surface area contributed by atoms with E-state index in [0.29, 0.717) is 5.54 Å². The van der Waals surface area contributed by atoms with Gasteiger partial charge >= 0.3 is 0 Å². The van der Waals surface area contributed by atoms with Crippen molar-refractivity contribution in [2.75, 3.05) is 13.1 Å². The Balaban J connectivity index is 3.58. The quantitative estimate of drug-likeness (QED) is 0.447. The zero-order valence-corrected chi connectivity index (χ0v) is 13.0. The van der Waals surface area contributed by atoms with Gasteiger partial charge in [0.15, 0.2) is 0 Å². The summed E-state index contributed by atoms with van der Waals surface area (Å²) in [7, 11) is 0. The minimum Gasteiger partial charge on any atom is -0.299 e. The Kier molecular flexibility index (Phi) is 9.91. The van der Waals surface area contributed by atoms with Gasteiger partial charge in [-0.1, -0.05) is 65.7 Å². The van der Waals surface area contributed by atoms with Crippen molar-refractivity contribution in [2.24, 2.45) is 0 Å². The highest BCUT2D eigenvalue weighted by atomic mass is 15.2. The first kappa shape index (κ1) is 17.0. The SMILES string of the molecule is CCCCCCCCCC(C)(C)N(CC)CC. The van der Waals surface area contributed by atoms with Crippen molar-refractivity contribution in [1.29, 1.82) is 0 Å². The van der Waals surface area contributed by atoms with E-state index in [1.165, 1.54) is 64.5 Å². The summed E-state index contributed by atoms with van der Waals surface area (Å²) < 4.78 is 0. The van der Waals surface area contributed by atoms with Crippen molar-refractivity contribution < 1.29 is 0 Å². The summed E-state index contributed by atoms with van der Waals surface area (Å²) in [5, 5.41) is 0. The van der Waals surface area contributed by atoms with Crippen LogP contribution in [0.2, 0.25) is 0 Å². The molecule has 1 nitrogen and oxygen atoms in total. The van der Waals surface area contributed by atoms with Crippen LogP contribution in [-0.2, 0) is 0 Å². The second-order valence-corrected chi connectivity index (χ2v) is 5.86. The topological polar surface area (TPSA) is 3.24 Å². The second-order valence-electron chi connectivity index (χ2n) is 5.86. The molecule has 0 fully saturated rings. The predicted molar refractivity (Wildman–Crippen MR) is 79.6 cm³/mol. The summed E-state index contributed by atoms with van der Waals surface area (Å²) in [5.74, 6) is 0. The van der Waals surface area contributed by atoms with Crippen LogP contribution >= 0.6 is 0 Å². The highest BCUT2D eigenvalue weighted by molar-refractivity contribution is 4.79. The van der Waals surface area contributed by atoms with Gasteiger partial charge in [-0.25, -0.2) is 0 Å². The fraction of sp³-hybridized carbons (Fsp3) is 1.00. The van der Waals surface area contributed by atoms with Crippen LogP contribution < -0.4 is 0 Å². The molecule has 0 spiro atoms. The lowest BCUT2D eigenvalue weighted by atomic mass is 9.94. The van der Waals surface area contributed by atoms with Crippen molar-refractivity contribution in [3.8, 4) is 0 Å².